The van der Waals surface area contributed by atoms with Crippen molar-refractivity contribution >= 4 is 11.6 Å². The molecule has 0 saturated heterocycles. The highest BCUT2D eigenvalue weighted by molar-refractivity contribution is 5.94. The van der Waals surface area contributed by atoms with Gasteiger partial charge in [-0.15, -0.1) is 0 Å². The van der Waals surface area contributed by atoms with Crippen LogP contribution in [0.25, 0.3) is 0 Å². The average Bonchev–Trinajstić information content (AvgIpc) is 2.39. The monoisotopic (exact) mass is 274 g/mol. The standard InChI is InChI=1S/C16H22N2O2/c1-5-12(4)20-14-8-6-7-13(9-14)18-16(19)15(10-17)11(2)3/h6-9,11-12,15H,5H2,1-4H3,(H,18,19). The molecule has 2 atom stereocenters. The second kappa shape index (κ2) is 7.54. The highest BCUT2D eigenvalue weighted by atomic mass is 16.5. The van der Waals surface area contributed by atoms with Crippen LogP contribution in [0.4, 0.5) is 5.69 Å². The Balaban J connectivity index is 2.76. The number of carbonyl (C=O) groups excluding carboxylic acids is 1. The average molecular weight is 274 g/mol. The van der Waals surface area contributed by atoms with Gasteiger partial charge in [-0.2, -0.15) is 5.26 Å². The van der Waals surface area contributed by atoms with Crippen molar-refractivity contribution in [3.63, 3.8) is 0 Å². The number of rotatable bonds is 6. The lowest BCUT2D eigenvalue weighted by Crippen LogP contribution is -2.25. The quantitative estimate of drug-likeness (QED) is 0.862. The van der Waals surface area contributed by atoms with Gasteiger partial charge in [-0.25, -0.2) is 0 Å². The second-order valence-electron chi connectivity index (χ2n) is 5.20. The molecule has 0 aliphatic carbocycles. The summed E-state index contributed by atoms with van der Waals surface area (Å²) in [5.41, 5.74) is 0.650. The number of benzene rings is 1. The number of nitrogens with zero attached hydrogens (tertiary/aromatic N) is 1. The lowest BCUT2D eigenvalue weighted by molar-refractivity contribution is -0.119. The van der Waals surface area contributed by atoms with Crippen LogP contribution in [0.5, 0.6) is 5.75 Å². The van der Waals surface area contributed by atoms with Gasteiger partial charge in [-0.1, -0.05) is 26.8 Å². The maximum atomic E-state index is 12.0. The molecule has 0 spiro atoms. The van der Waals surface area contributed by atoms with Crippen molar-refractivity contribution < 1.29 is 9.53 Å². The molecule has 0 bridgehead atoms. The van der Waals surface area contributed by atoms with E-state index in [-0.39, 0.29) is 17.9 Å². The molecule has 1 aromatic carbocycles. The van der Waals surface area contributed by atoms with Crippen LogP contribution >= 0.6 is 0 Å². The van der Waals surface area contributed by atoms with E-state index in [2.05, 4.69) is 12.2 Å². The summed E-state index contributed by atoms with van der Waals surface area (Å²) in [5, 5.41) is 11.8. The SMILES string of the molecule is CCC(C)Oc1cccc(NC(=O)C(C#N)C(C)C)c1. The molecule has 108 valence electrons. The van der Waals surface area contributed by atoms with Gasteiger partial charge in [0.05, 0.1) is 12.2 Å². The summed E-state index contributed by atoms with van der Waals surface area (Å²) < 4.78 is 5.70. The van der Waals surface area contributed by atoms with Gasteiger partial charge in [-0.3, -0.25) is 4.79 Å². The minimum Gasteiger partial charge on any atom is -0.491 e. The molecule has 1 rings (SSSR count). The zero-order chi connectivity index (χ0) is 15.1. The Morgan fingerprint density at radius 1 is 1.40 bits per heavy atom. The van der Waals surface area contributed by atoms with E-state index in [9.17, 15) is 4.79 Å². The van der Waals surface area contributed by atoms with Crippen molar-refractivity contribution in [3.05, 3.63) is 24.3 Å². The lowest BCUT2D eigenvalue weighted by Gasteiger charge is -2.15. The predicted octanol–water partition coefficient (Wildman–Crippen LogP) is 3.60. The molecule has 2 unspecified atom stereocenters. The van der Waals surface area contributed by atoms with E-state index < -0.39 is 5.92 Å². The summed E-state index contributed by atoms with van der Waals surface area (Å²) >= 11 is 0. The van der Waals surface area contributed by atoms with Gasteiger partial charge in [0.1, 0.15) is 11.7 Å². The van der Waals surface area contributed by atoms with E-state index in [1.54, 1.807) is 12.1 Å². The van der Waals surface area contributed by atoms with Crippen LogP contribution in [0.1, 0.15) is 34.1 Å². The molecule has 0 heterocycles. The van der Waals surface area contributed by atoms with Crippen molar-refractivity contribution in [2.75, 3.05) is 5.32 Å². The van der Waals surface area contributed by atoms with E-state index in [0.717, 1.165) is 12.2 Å². The number of hydrogen-bond acceptors (Lipinski definition) is 3. The number of nitriles is 1. The molecule has 1 aromatic rings. The highest BCUT2D eigenvalue weighted by Crippen LogP contribution is 2.20. The zero-order valence-corrected chi connectivity index (χ0v) is 12.5. The fourth-order valence-electron chi connectivity index (χ4n) is 1.69. The molecule has 4 heteroatoms. The molecule has 4 nitrogen and oxygen atoms in total. The number of amides is 1. The first-order valence-corrected chi connectivity index (χ1v) is 6.95. The van der Waals surface area contributed by atoms with Gasteiger partial charge < -0.3 is 10.1 Å². The van der Waals surface area contributed by atoms with E-state index in [1.807, 2.05) is 39.0 Å². The first kappa shape index (κ1) is 16.0. The van der Waals surface area contributed by atoms with Crippen LogP contribution in [0.2, 0.25) is 0 Å². The lowest BCUT2D eigenvalue weighted by atomic mass is 9.96. The third-order valence-electron chi connectivity index (χ3n) is 3.10. The van der Waals surface area contributed by atoms with E-state index in [0.29, 0.717) is 5.69 Å². The Morgan fingerprint density at radius 3 is 2.65 bits per heavy atom. The van der Waals surface area contributed by atoms with Crippen molar-refractivity contribution in [1.82, 2.24) is 0 Å². The van der Waals surface area contributed by atoms with Crippen LogP contribution in [-0.2, 0) is 4.79 Å². The molecule has 0 radical (unpaired) electrons. The van der Waals surface area contributed by atoms with Crippen LogP contribution in [0.15, 0.2) is 24.3 Å². The smallest absolute Gasteiger partial charge is 0.241 e. The Kier molecular flexibility index (Phi) is 6.05. The first-order chi connectivity index (χ1) is 9.47. The fraction of sp³-hybridized carbons (Fsp3) is 0.500. The maximum Gasteiger partial charge on any atom is 0.241 e. The number of nitrogens with one attached hydrogen (secondary N) is 1. The molecule has 1 N–H and O–H groups in total. The molecule has 0 aliphatic rings. The fourth-order valence-corrected chi connectivity index (χ4v) is 1.69. The Bertz CT molecular complexity index is 491. The number of anilines is 1. The molecule has 0 fully saturated rings. The van der Waals surface area contributed by atoms with E-state index in [4.69, 9.17) is 10.00 Å². The number of ether oxygens (including phenoxy) is 1. The van der Waals surface area contributed by atoms with E-state index >= 15 is 0 Å². The summed E-state index contributed by atoms with van der Waals surface area (Å²) in [6.07, 6.45) is 1.05. The predicted molar refractivity (Wildman–Crippen MR) is 79.4 cm³/mol. The molecular weight excluding hydrogens is 252 g/mol. The van der Waals surface area contributed by atoms with Gasteiger partial charge >= 0.3 is 0 Å². The maximum absolute atomic E-state index is 12.0. The highest BCUT2D eigenvalue weighted by Gasteiger charge is 2.21. The van der Waals surface area contributed by atoms with Gasteiger partial charge in [0.25, 0.3) is 0 Å². The third kappa shape index (κ3) is 4.58. The van der Waals surface area contributed by atoms with Crippen LogP contribution < -0.4 is 10.1 Å². The van der Waals surface area contributed by atoms with Crippen LogP contribution in [0.3, 0.4) is 0 Å². The summed E-state index contributed by atoms with van der Waals surface area (Å²) in [6, 6.07) is 9.28. The van der Waals surface area contributed by atoms with Gasteiger partial charge in [0.2, 0.25) is 5.91 Å². The van der Waals surface area contributed by atoms with Gasteiger partial charge in [-0.05, 0) is 31.4 Å². The molecular formula is C16H22N2O2. The minimum absolute atomic E-state index is 0.0143. The Hall–Kier alpha value is -2.02. The van der Waals surface area contributed by atoms with E-state index in [1.165, 1.54) is 0 Å². The van der Waals surface area contributed by atoms with Crippen molar-refractivity contribution in [2.45, 2.75) is 40.2 Å². The molecule has 0 aromatic heterocycles. The minimum atomic E-state index is -0.644. The summed E-state index contributed by atoms with van der Waals surface area (Å²) in [7, 11) is 0. The number of carbonyl (C=O) groups is 1. The van der Waals surface area contributed by atoms with Gasteiger partial charge in [0, 0.05) is 11.8 Å². The molecule has 0 saturated carbocycles. The second-order valence-corrected chi connectivity index (χ2v) is 5.20. The van der Waals surface area contributed by atoms with Crippen molar-refractivity contribution in [2.24, 2.45) is 11.8 Å². The summed E-state index contributed by atoms with van der Waals surface area (Å²) in [5.74, 6) is -0.216. The topological polar surface area (TPSA) is 62.1 Å². The van der Waals surface area contributed by atoms with Crippen molar-refractivity contribution in [1.29, 1.82) is 5.26 Å². The largest absolute Gasteiger partial charge is 0.491 e. The summed E-state index contributed by atoms with van der Waals surface area (Å²) in [6.45, 7) is 7.76. The summed E-state index contributed by atoms with van der Waals surface area (Å²) in [4.78, 5) is 12.0. The Labute approximate surface area is 120 Å². The Morgan fingerprint density at radius 2 is 2.10 bits per heavy atom. The zero-order valence-electron chi connectivity index (χ0n) is 12.5. The van der Waals surface area contributed by atoms with Gasteiger partial charge in [0.15, 0.2) is 0 Å². The molecule has 1 amide bonds. The number of hydrogen-bond donors (Lipinski definition) is 1. The van der Waals surface area contributed by atoms with Crippen molar-refractivity contribution in [3.8, 4) is 11.8 Å². The molecule has 20 heavy (non-hydrogen) atoms. The normalized spacial score (nSPS) is 13.4. The first-order valence-electron chi connectivity index (χ1n) is 6.95. The molecule has 0 aliphatic heterocycles. The third-order valence-corrected chi connectivity index (χ3v) is 3.10. The van der Waals surface area contributed by atoms with Crippen LogP contribution in [-0.4, -0.2) is 12.0 Å². The van der Waals surface area contributed by atoms with Crippen LogP contribution in [0, 0.1) is 23.2 Å².